The van der Waals surface area contributed by atoms with Crippen molar-refractivity contribution in [2.75, 3.05) is 14.1 Å². The molecule has 0 aliphatic carbocycles. The molecule has 0 radical (unpaired) electrons. The number of likely N-dealkylation sites (N-methyl/N-ethyl adjacent to an activating group) is 1. The first kappa shape index (κ1) is 14.7. The van der Waals surface area contributed by atoms with Gasteiger partial charge in [0.25, 0.3) is 5.91 Å². The molecular weight excluding hydrogens is 238 g/mol. The summed E-state index contributed by atoms with van der Waals surface area (Å²) in [5.41, 5.74) is 2.14. The molecule has 19 heavy (non-hydrogen) atoms. The number of allylic oxidation sites excluding steroid dienone is 1. The van der Waals surface area contributed by atoms with Crippen LogP contribution in [0.1, 0.15) is 18.1 Å². The van der Waals surface area contributed by atoms with Crippen molar-refractivity contribution in [1.29, 1.82) is 0 Å². The molecule has 0 aromatic heterocycles. The van der Waals surface area contributed by atoms with Crippen molar-refractivity contribution in [2.45, 2.75) is 13.3 Å². The predicted octanol–water partition coefficient (Wildman–Crippen LogP) is 1.81. The van der Waals surface area contributed by atoms with E-state index in [0.717, 1.165) is 12.0 Å². The second-order valence-electron chi connectivity index (χ2n) is 4.22. The van der Waals surface area contributed by atoms with E-state index in [4.69, 9.17) is 0 Å². The molecule has 0 fully saturated rings. The highest BCUT2D eigenvalue weighted by Gasteiger charge is 2.10. The van der Waals surface area contributed by atoms with E-state index in [9.17, 15) is 9.59 Å². The van der Waals surface area contributed by atoms with Gasteiger partial charge >= 0.3 is 0 Å². The van der Waals surface area contributed by atoms with Gasteiger partial charge in [0.2, 0.25) is 5.78 Å². The zero-order chi connectivity index (χ0) is 14.3. The Morgan fingerprint density at radius 3 is 2.37 bits per heavy atom. The van der Waals surface area contributed by atoms with Crippen LogP contribution in [-0.2, 0) is 16.0 Å². The summed E-state index contributed by atoms with van der Waals surface area (Å²) in [6.45, 7) is 2.09. The fourth-order valence-electron chi connectivity index (χ4n) is 1.36. The monoisotopic (exact) mass is 255 g/mol. The molecule has 3 heteroatoms. The predicted molar refractivity (Wildman–Crippen MR) is 75.5 cm³/mol. The van der Waals surface area contributed by atoms with Crippen molar-refractivity contribution in [3.05, 3.63) is 47.5 Å². The second-order valence-corrected chi connectivity index (χ2v) is 4.22. The zero-order valence-electron chi connectivity index (χ0n) is 11.4. The molecule has 0 unspecified atom stereocenters. The maximum absolute atomic E-state index is 11.3. The average molecular weight is 255 g/mol. The highest BCUT2D eigenvalue weighted by Crippen LogP contribution is 2.03. The van der Waals surface area contributed by atoms with Crippen molar-refractivity contribution >= 4 is 11.7 Å². The Kier molecular flexibility index (Phi) is 5.56. The Morgan fingerprint density at radius 1 is 1.21 bits per heavy atom. The van der Waals surface area contributed by atoms with Gasteiger partial charge < -0.3 is 4.90 Å². The Bertz CT molecular complexity index is 542. The van der Waals surface area contributed by atoms with Gasteiger partial charge in [-0.2, -0.15) is 0 Å². The Labute approximate surface area is 113 Å². The molecule has 98 valence electrons. The summed E-state index contributed by atoms with van der Waals surface area (Å²) in [4.78, 5) is 23.8. The molecule has 3 nitrogen and oxygen atoms in total. The minimum absolute atomic E-state index is 0.551. The molecule has 1 amide bonds. The van der Waals surface area contributed by atoms with Gasteiger partial charge in [-0.3, -0.25) is 9.59 Å². The number of benzene rings is 1. The van der Waals surface area contributed by atoms with Crippen LogP contribution in [0.4, 0.5) is 0 Å². The van der Waals surface area contributed by atoms with Gasteiger partial charge in [0, 0.05) is 19.7 Å². The van der Waals surface area contributed by atoms with E-state index in [1.165, 1.54) is 36.7 Å². The molecule has 1 aromatic carbocycles. The Hall–Kier alpha value is -2.34. The van der Waals surface area contributed by atoms with Crippen LogP contribution in [0, 0.1) is 11.8 Å². The lowest BCUT2D eigenvalue weighted by atomic mass is 10.1. The number of hydrogen-bond donors (Lipinski definition) is 0. The lowest BCUT2D eigenvalue weighted by Gasteiger charge is -2.05. The molecule has 0 aliphatic heterocycles. The minimum Gasteiger partial charge on any atom is -0.342 e. The van der Waals surface area contributed by atoms with Crippen molar-refractivity contribution in [1.82, 2.24) is 4.90 Å². The first-order valence-electron chi connectivity index (χ1n) is 6.07. The summed E-state index contributed by atoms with van der Waals surface area (Å²) < 4.78 is 0. The highest BCUT2D eigenvalue weighted by atomic mass is 16.2. The molecule has 0 heterocycles. The molecule has 0 bridgehead atoms. The first-order chi connectivity index (χ1) is 9.04. The van der Waals surface area contributed by atoms with Gasteiger partial charge in [-0.05, 0) is 36.3 Å². The third-order valence-electron chi connectivity index (χ3n) is 2.51. The standard InChI is InChI=1S/C16H17NO2/c1-4-13-9-11-14(12-10-13)7-5-6-8-15(18)16(19)17(2)3/h6,8-12H,4H2,1-3H3/b8-6+. The van der Waals surface area contributed by atoms with E-state index in [-0.39, 0.29) is 0 Å². The molecule has 1 rings (SSSR count). The smallest absolute Gasteiger partial charge is 0.293 e. The van der Waals surface area contributed by atoms with Gasteiger partial charge in [0.1, 0.15) is 0 Å². The summed E-state index contributed by atoms with van der Waals surface area (Å²) in [6, 6.07) is 7.92. The summed E-state index contributed by atoms with van der Waals surface area (Å²) in [6.07, 6.45) is 3.59. The van der Waals surface area contributed by atoms with Crippen molar-refractivity contribution in [3.63, 3.8) is 0 Å². The third-order valence-corrected chi connectivity index (χ3v) is 2.51. The number of rotatable bonds is 3. The SMILES string of the molecule is CCc1ccc(C#C/C=C/C(=O)C(=O)N(C)C)cc1. The number of amides is 1. The summed E-state index contributed by atoms with van der Waals surface area (Å²) in [7, 11) is 3.07. The van der Waals surface area contributed by atoms with Gasteiger partial charge in [-0.15, -0.1) is 0 Å². The zero-order valence-corrected chi connectivity index (χ0v) is 11.4. The van der Waals surface area contributed by atoms with Crippen LogP contribution in [-0.4, -0.2) is 30.7 Å². The number of nitrogens with zero attached hydrogens (tertiary/aromatic N) is 1. The number of ketones is 1. The largest absolute Gasteiger partial charge is 0.342 e. The van der Waals surface area contributed by atoms with Crippen LogP contribution in [0.25, 0.3) is 0 Å². The highest BCUT2D eigenvalue weighted by molar-refractivity contribution is 6.40. The van der Waals surface area contributed by atoms with Crippen LogP contribution < -0.4 is 0 Å². The molecule has 0 atom stereocenters. The number of carbonyl (C=O) groups excluding carboxylic acids is 2. The third kappa shape index (κ3) is 4.81. The maximum atomic E-state index is 11.3. The van der Waals surface area contributed by atoms with E-state index in [1.807, 2.05) is 24.3 Å². The number of carbonyl (C=O) groups is 2. The van der Waals surface area contributed by atoms with Gasteiger partial charge in [-0.1, -0.05) is 30.9 Å². The lowest BCUT2D eigenvalue weighted by molar-refractivity contribution is -0.140. The molecular formula is C16H17NO2. The first-order valence-corrected chi connectivity index (χ1v) is 6.07. The maximum Gasteiger partial charge on any atom is 0.293 e. The van der Waals surface area contributed by atoms with Crippen LogP contribution in [0.15, 0.2) is 36.4 Å². The van der Waals surface area contributed by atoms with Gasteiger partial charge in [0.05, 0.1) is 0 Å². The Morgan fingerprint density at radius 2 is 1.84 bits per heavy atom. The van der Waals surface area contributed by atoms with E-state index in [1.54, 1.807) is 0 Å². The van der Waals surface area contributed by atoms with Crippen LogP contribution >= 0.6 is 0 Å². The summed E-state index contributed by atoms with van der Waals surface area (Å²) in [5.74, 6) is 4.53. The quantitative estimate of drug-likeness (QED) is 0.469. The van der Waals surface area contributed by atoms with E-state index < -0.39 is 11.7 Å². The lowest BCUT2D eigenvalue weighted by Crippen LogP contribution is -2.28. The minimum atomic E-state index is -0.569. The van der Waals surface area contributed by atoms with E-state index in [2.05, 4.69) is 18.8 Å². The topological polar surface area (TPSA) is 37.4 Å². The molecule has 0 saturated carbocycles. The molecule has 0 spiro atoms. The fraction of sp³-hybridized carbons (Fsp3) is 0.250. The fourth-order valence-corrected chi connectivity index (χ4v) is 1.36. The van der Waals surface area contributed by atoms with Crippen LogP contribution in [0.5, 0.6) is 0 Å². The Balaban J connectivity index is 2.64. The van der Waals surface area contributed by atoms with Crippen molar-refractivity contribution in [3.8, 4) is 11.8 Å². The summed E-state index contributed by atoms with van der Waals surface area (Å²) in [5, 5.41) is 0. The van der Waals surface area contributed by atoms with Gasteiger partial charge in [0.15, 0.2) is 0 Å². The molecule has 1 aromatic rings. The average Bonchev–Trinajstić information content (AvgIpc) is 2.43. The van der Waals surface area contributed by atoms with Crippen molar-refractivity contribution < 1.29 is 9.59 Å². The molecule has 0 N–H and O–H groups in total. The van der Waals surface area contributed by atoms with E-state index in [0.29, 0.717) is 0 Å². The van der Waals surface area contributed by atoms with E-state index >= 15 is 0 Å². The van der Waals surface area contributed by atoms with Crippen molar-refractivity contribution in [2.24, 2.45) is 0 Å². The number of aryl methyl sites for hydroxylation is 1. The summed E-state index contributed by atoms with van der Waals surface area (Å²) >= 11 is 0. The van der Waals surface area contributed by atoms with Crippen LogP contribution in [0.3, 0.4) is 0 Å². The van der Waals surface area contributed by atoms with Crippen LogP contribution in [0.2, 0.25) is 0 Å². The number of hydrogen-bond acceptors (Lipinski definition) is 2. The second kappa shape index (κ2) is 7.17. The van der Waals surface area contributed by atoms with Gasteiger partial charge in [-0.25, -0.2) is 0 Å². The molecule has 0 aliphatic rings. The normalized spacial score (nSPS) is 9.84. The molecule has 0 saturated heterocycles.